The van der Waals surface area contributed by atoms with E-state index >= 15 is 0 Å². The number of hydrogen-bond acceptors (Lipinski definition) is 4. The van der Waals surface area contributed by atoms with Gasteiger partial charge in [-0.3, -0.25) is 4.79 Å². The first-order valence-corrected chi connectivity index (χ1v) is 12.3. The van der Waals surface area contributed by atoms with E-state index in [1.54, 1.807) is 18.2 Å². The highest BCUT2D eigenvalue weighted by Crippen LogP contribution is 2.35. The molecule has 4 aromatic rings. The number of halogens is 1. The van der Waals surface area contributed by atoms with Crippen molar-refractivity contribution in [2.45, 2.75) is 20.5 Å². The van der Waals surface area contributed by atoms with Crippen LogP contribution in [0.1, 0.15) is 23.6 Å². The molecule has 0 aliphatic heterocycles. The first kappa shape index (κ1) is 25.0. The Labute approximate surface area is 219 Å². The number of fused-ring (bicyclic) bond motifs is 1. The SMILES string of the molecule is CCOc1cc(/C=C(\C#N)C(=O)Nc2ccccc2C)c(Br)cc1OCc1ccc2ccccc2c1. The molecule has 0 aliphatic carbocycles. The summed E-state index contributed by atoms with van der Waals surface area (Å²) in [4.78, 5) is 12.8. The number of rotatable bonds is 8. The molecule has 1 amide bonds. The van der Waals surface area contributed by atoms with Crippen LogP contribution in [-0.2, 0) is 11.4 Å². The van der Waals surface area contributed by atoms with Crippen molar-refractivity contribution in [3.8, 4) is 17.6 Å². The molecule has 0 fully saturated rings. The fourth-order valence-electron chi connectivity index (χ4n) is 3.74. The van der Waals surface area contributed by atoms with Crippen molar-refractivity contribution in [2.24, 2.45) is 0 Å². The number of nitriles is 1. The second kappa shape index (κ2) is 11.6. The lowest BCUT2D eigenvalue weighted by Gasteiger charge is -2.15. The lowest BCUT2D eigenvalue weighted by molar-refractivity contribution is -0.112. The summed E-state index contributed by atoms with van der Waals surface area (Å²) < 4.78 is 12.6. The van der Waals surface area contributed by atoms with E-state index in [1.165, 1.54) is 11.5 Å². The van der Waals surface area contributed by atoms with Crippen LogP contribution in [-0.4, -0.2) is 12.5 Å². The number of amides is 1. The minimum Gasteiger partial charge on any atom is -0.490 e. The smallest absolute Gasteiger partial charge is 0.266 e. The fraction of sp³-hybridized carbons (Fsp3) is 0.133. The molecule has 0 saturated heterocycles. The number of anilines is 1. The van der Waals surface area contributed by atoms with Gasteiger partial charge in [0.1, 0.15) is 18.2 Å². The number of ether oxygens (including phenoxy) is 2. The van der Waals surface area contributed by atoms with E-state index in [-0.39, 0.29) is 5.57 Å². The number of hydrogen-bond donors (Lipinski definition) is 1. The van der Waals surface area contributed by atoms with Gasteiger partial charge in [0.15, 0.2) is 11.5 Å². The normalized spacial score (nSPS) is 11.1. The lowest BCUT2D eigenvalue weighted by Crippen LogP contribution is -2.14. The monoisotopic (exact) mass is 540 g/mol. The molecule has 0 spiro atoms. The topological polar surface area (TPSA) is 71.3 Å². The highest BCUT2D eigenvalue weighted by atomic mass is 79.9. The molecule has 4 rings (SSSR count). The Bertz CT molecular complexity index is 1490. The van der Waals surface area contributed by atoms with Crippen molar-refractivity contribution in [3.05, 3.63) is 106 Å². The molecule has 0 saturated carbocycles. The Balaban J connectivity index is 1.57. The third-order valence-electron chi connectivity index (χ3n) is 5.63. The third kappa shape index (κ3) is 5.94. The molecule has 1 N–H and O–H groups in total. The molecule has 0 radical (unpaired) electrons. The Morgan fingerprint density at radius 3 is 2.44 bits per heavy atom. The summed E-state index contributed by atoms with van der Waals surface area (Å²) in [5.74, 6) is 0.620. The number of nitrogens with one attached hydrogen (secondary N) is 1. The molecule has 0 aliphatic rings. The van der Waals surface area contributed by atoms with Gasteiger partial charge in [0, 0.05) is 10.2 Å². The number of benzene rings is 4. The Hall–Kier alpha value is -4.08. The van der Waals surface area contributed by atoms with E-state index in [1.807, 2.05) is 56.3 Å². The van der Waals surface area contributed by atoms with Crippen molar-refractivity contribution in [3.63, 3.8) is 0 Å². The van der Waals surface area contributed by atoms with Crippen molar-refractivity contribution in [1.29, 1.82) is 5.26 Å². The van der Waals surface area contributed by atoms with Crippen LogP contribution >= 0.6 is 15.9 Å². The first-order valence-electron chi connectivity index (χ1n) is 11.5. The van der Waals surface area contributed by atoms with Crippen molar-refractivity contribution in [1.82, 2.24) is 0 Å². The molecule has 0 unspecified atom stereocenters. The molecule has 0 atom stereocenters. The second-order valence-corrected chi connectivity index (χ2v) is 9.02. The second-order valence-electron chi connectivity index (χ2n) is 8.16. The maximum atomic E-state index is 12.8. The van der Waals surface area contributed by atoms with Crippen molar-refractivity contribution in [2.75, 3.05) is 11.9 Å². The lowest BCUT2D eigenvalue weighted by atomic mass is 10.1. The Morgan fingerprint density at radius 2 is 1.69 bits per heavy atom. The zero-order valence-electron chi connectivity index (χ0n) is 20.0. The zero-order chi connectivity index (χ0) is 25.5. The minimum absolute atomic E-state index is 0.0220. The van der Waals surface area contributed by atoms with Crippen LogP contribution < -0.4 is 14.8 Å². The molecule has 0 bridgehead atoms. The average Bonchev–Trinajstić information content (AvgIpc) is 2.89. The summed E-state index contributed by atoms with van der Waals surface area (Å²) in [5, 5.41) is 14.8. The van der Waals surface area contributed by atoms with E-state index in [2.05, 4.69) is 45.5 Å². The van der Waals surface area contributed by atoms with Gasteiger partial charge < -0.3 is 14.8 Å². The molecular formula is C30H25BrN2O3. The van der Waals surface area contributed by atoms with Gasteiger partial charge in [0.25, 0.3) is 5.91 Å². The summed E-state index contributed by atoms with van der Waals surface area (Å²) in [7, 11) is 0. The molecular weight excluding hydrogens is 516 g/mol. The van der Waals surface area contributed by atoms with Crippen LogP contribution in [0.5, 0.6) is 11.5 Å². The molecule has 5 nitrogen and oxygen atoms in total. The van der Waals surface area contributed by atoms with Gasteiger partial charge in [0.05, 0.1) is 6.61 Å². The largest absolute Gasteiger partial charge is 0.490 e. The molecule has 36 heavy (non-hydrogen) atoms. The number of para-hydroxylation sites is 1. The van der Waals surface area contributed by atoms with Gasteiger partial charge in [-0.05, 0) is 71.7 Å². The summed E-state index contributed by atoms with van der Waals surface area (Å²) in [6.45, 7) is 4.60. The highest BCUT2D eigenvalue weighted by molar-refractivity contribution is 9.10. The van der Waals surface area contributed by atoms with Gasteiger partial charge in [-0.2, -0.15) is 5.26 Å². The van der Waals surface area contributed by atoms with E-state index in [0.717, 1.165) is 16.5 Å². The molecule has 0 heterocycles. The number of carbonyl (C=O) groups is 1. The van der Waals surface area contributed by atoms with Crippen LogP contribution in [0.4, 0.5) is 5.69 Å². The van der Waals surface area contributed by atoms with Gasteiger partial charge in [-0.15, -0.1) is 0 Å². The predicted molar refractivity (Wildman–Crippen MR) is 147 cm³/mol. The van der Waals surface area contributed by atoms with Crippen LogP contribution in [0.3, 0.4) is 0 Å². The van der Waals surface area contributed by atoms with Gasteiger partial charge in [-0.25, -0.2) is 0 Å². The van der Waals surface area contributed by atoms with Crippen LogP contribution in [0.15, 0.2) is 88.9 Å². The minimum atomic E-state index is -0.478. The van der Waals surface area contributed by atoms with Gasteiger partial charge in [-0.1, -0.05) is 70.5 Å². The van der Waals surface area contributed by atoms with Gasteiger partial charge in [0.2, 0.25) is 0 Å². The third-order valence-corrected chi connectivity index (χ3v) is 6.32. The quantitative estimate of drug-likeness (QED) is 0.186. The number of nitrogens with zero attached hydrogens (tertiary/aromatic N) is 1. The zero-order valence-corrected chi connectivity index (χ0v) is 21.6. The average molecular weight is 541 g/mol. The summed E-state index contributed by atoms with van der Waals surface area (Å²) >= 11 is 3.56. The number of carbonyl (C=O) groups excluding carboxylic acids is 1. The van der Waals surface area contributed by atoms with Crippen molar-refractivity contribution < 1.29 is 14.3 Å². The van der Waals surface area contributed by atoms with E-state index in [9.17, 15) is 10.1 Å². The van der Waals surface area contributed by atoms with E-state index < -0.39 is 5.91 Å². The first-order chi connectivity index (χ1) is 17.5. The summed E-state index contributed by atoms with van der Waals surface area (Å²) in [6.07, 6.45) is 1.54. The molecule has 180 valence electrons. The van der Waals surface area contributed by atoms with Crippen molar-refractivity contribution >= 4 is 44.4 Å². The molecule has 4 aromatic carbocycles. The standard InChI is InChI=1S/C30H25BrN2O3/c1-3-35-28-16-24(15-25(18-32)30(34)33-27-11-7-4-8-20(27)2)26(31)17-29(28)36-19-21-12-13-22-9-5-6-10-23(22)14-21/h4-17H,3,19H2,1-2H3,(H,33,34)/b25-15+. The van der Waals surface area contributed by atoms with E-state index in [4.69, 9.17) is 9.47 Å². The molecule has 0 aromatic heterocycles. The maximum Gasteiger partial charge on any atom is 0.266 e. The fourth-order valence-corrected chi connectivity index (χ4v) is 4.18. The maximum absolute atomic E-state index is 12.8. The summed E-state index contributed by atoms with van der Waals surface area (Å²) in [5.41, 5.74) is 3.22. The van der Waals surface area contributed by atoms with Crippen LogP contribution in [0.2, 0.25) is 0 Å². The predicted octanol–water partition coefficient (Wildman–Crippen LogP) is 7.43. The summed E-state index contributed by atoms with van der Waals surface area (Å²) in [6, 6.07) is 27.4. The van der Waals surface area contributed by atoms with E-state index in [0.29, 0.717) is 40.4 Å². The Kier molecular flexibility index (Phi) is 8.04. The van der Waals surface area contributed by atoms with Crippen LogP contribution in [0, 0.1) is 18.3 Å². The molecule has 6 heteroatoms. The highest BCUT2D eigenvalue weighted by Gasteiger charge is 2.15. The Morgan fingerprint density at radius 1 is 0.972 bits per heavy atom. The number of aryl methyl sites for hydroxylation is 1. The van der Waals surface area contributed by atoms with Gasteiger partial charge >= 0.3 is 0 Å². The van der Waals surface area contributed by atoms with Crippen LogP contribution in [0.25, 0.3) is 16.8 Å².